The van der Waals surface area contributed by atoms with Crippen LogP contribution in [0.5, 0.6) is 0 Å². The molecule has 3 N–H and O–H groups in total. The topological polar surface area (TPSA) is 73.5 Å². The van der Waals surface area contributed by atoms with Crippen molar-refractivity contribution in [2.75, 3.05) is 50.8 Å². The fourth-order valence-electron chi connectivity index (χ4n) is 2.72. The summed E-state index contributed by atoms with van der Waals surface area (Å²) in [4.78, 5) is 26.1. The van der Waals surface area contributed by atoms with Crippen LogP contribution in [0.3, 0.4) is 0 Å². The zero-order chi connectivity index (χ0) is 18.5. The summed E-state index contributed by atoms with van der Waals surface area (Å²) in [6.07, 6.45) is 4.02. The Hall–Kier alpha value is -0.790. The standard InChI is InChI=1S/C18H36N4O2S/c1-15(2)21-18(24)16(3)13-25-14-17(23)20-8-7-19-9-12-22-10-5-4-6-11-22/h15-16,19H,4-14H2,1-3H3,(H,20,23)(H,21,24). The predicted octanol–water partition coefficient (Wildman–Crippen LogP) is 1.07. The van der Waals surface area contributed by atoms with Crippen LogP contribution in [-0.4, -0.2) is 73.5 Å². The molecule has 1 heterocycles. The summed E-state index contributed by atoms with van der Waals surface area (Å²) < 4.78 is 0. The quantitative estimate of drug-likeness (QED) is 0.447. The van der Waals surface area contributed by atoms with Crippen LogP contribution in [-0.2, 0) is 9.59 Å². The fraction of sp³-hybridized carbons (Fsp3) is 0.889. The van der Waals surface area contributed by atoms with Crippen molar-refractivity contribution in [3.8, 4) is 0 Å². The van der Waals surface area contributed by atoms with Gasteiger partial charge in [-0.2, -0.15) is 11.8 Å². The third-order valence-corrected chi connectivity index (χ3v) is 5.36. The van der Waals surface area contributed by atoms with E-state index in [1.54, 1.807) is 0 Å². The molecule has 1 rings (SSSR count). The van der Waals surface area contributed by atoms with E-state index in [9.17, 15) is 9.59 Å². The zero-order valence-corrected chi connectivity index (χ0v) is 16.9. The van der Waals surface area contributed by atoms with Crippen molar-refractivity contribution in [1.29, 1.82) is 0 Å². The number of amides is 2. The summed E-state index contributed by atoms with van der Waals surface area (Å²) in [6, 6.07) is 0.158. The van der Waals surface area contributed by atoms with Gasteiger partial charge in [0.2, 0.25) is 11.8 Å². The summed E-state index contributed by atoms with van der Waals surface area (Å²) in [6.45, 7) is 11.8. The maximum Gasteiger partial charge on any atom is 0.230 e. The van der Waals surface area contributed by atoms with E-state index in [0.29, 0.717) is 18.1 Å². The van der Waals surface area contributed by atoms with Crippen molar-refractivity contribution >= 4 is 23.6 Å². The van der Waals surface area contributed by atoms with Gasteiger partial charge in [-0.05, 0) is 39.8 Å². The van der Waals surface area contributed by atoms with Crippen LogP contribution in [0.2, 0.25) is 0 Å². The summed E-state index contributed by atoms with van der Waals surface area (Å²) in [5.74, 6) is 1.10. The first-order chi connectivity index (χ1) is 12.0. The molecule has 0 aromatic rings. The van der Waals surface area contributed by atoms with Crippen molar-refractivity contribution in [2.24, 2.45) is 5.92 Å². The first kappa shape index (κ1) is 22.3. The molecule has 1 fully saturated rings. The highest BCUT2D eigenvalue weighted by Crippen LogP contribution is 2.08. The maximum absolute atomic E-state index is 11.8. The van der Waals surface area contributed by atoms with E-state index in [4.69, 9.17) is 0 Å². The van der Waals surface area contributed by atoms with Gasteiger partial charge in [0.25, 0.3) is 0 Å². The number of nitrogens with zero attached hydrogens (tertiary/aromatic N) is 1. The number of carbonyl (C=O) groups excluding carboxylic acids is 2. The second-order valence-electron chi connectivity index (χ2n) is 7.08. The zero-order valence-electron chi connectivity index (χ0n) is 16.1. The van der Waals surface area contributed by atoms with Crippen molar-refractivity contribution in [2.45, 2.75) is 46.1 Å². The lowest BCUT2D eigenvalue weighted by atomic mass is 10.1. The van der Waals surface area contributed by atoms with E-state index in [2.05, 4.69) is 20.9 Å². The van der Waals surface area contributed by atoms with Gasteiger partial charge in [-0.15, -0.1) is 0 Å². The molecular formula is C18H36N4O2S. The third kappa shape index (κ3) is 11.4. The minimum atomic E-state index is -0.0725. The highest BCUT2D eigenvalue weighted by molar-refractivity contribution is 7.99. The molecule has 146 valence electrons. The molecular weight excluding hydrogens is 336 g/mol. The Labute approximate surface area is 157 Å². The van der Waals surface area contributed by atoms with E-state index in [1.165, 1.54) is 44.1 Å². The van der Waals surface area contributed by atoms with Gasteiger partial charge in [-0.25, -0.2) is 0 Å². The van der Waals surface area contributed by atoms with Gasteiger partial charge in [0.1, 0.15) is 0 Å². The molecule has 0 spiro atoms. The summed E-state index contributed by atoms with van der Waals surface area (Å²) in [5, 5.41) is 9.19. The number of thioether (sulfide) groups is 1. The fourth-order valence-corrected chi connectivity index (χ4v) is 3.63. The molecule has 1 aliphatic heterocycles. The third-order valence-electron chi connectivity index (χ3n) is 4.16. The van der Waals surface area contributed by atoms with Gasteiger partial charge >= 0.3 is 0 Å². The van der Waals surface area contributed by atoms with E-state index in [1.807, 2.05) is 20.8 Å². The van der Waals surface area contributed by atoms with Gasteiger partial charge in [0.15, 0.2) is 0 Å². The lowest BCUT2D eigenvalue weighted by molar-refractivity contribution is -0.124. The highest BCUT2D eigenvalue weighted by atomic mass is 32.2. The first-order valence-electron chi connectivity index (χ1n) is 9.57. The number of likely N-dealkylation sites (tertiary alicyclic amines) is 1. The predicted molar refractivity (Wildman–Crippen MR) is 106 cm³/mol. The smallest absolute Gasteiger partial charge is 0.230 e. The van der Waals surface area contributed by atoms with Gasteiger partial charge in [0, 0.05) is 43.9 Å². The maximum atomic E-state index is 11.8. The number of nitrogens with one attached hydrogen (secondary N) is 3. The number of rotatable bonds is 12. The second-order valence-corrected chi connectivity index (χ2v) is 8.11. The summed E-state index contributed by atoms with van der Waals surface area (Å²) in [7, 11) is 0. The van der Waals surface area contributed by atoms with Crippen LogP contribution in [0, 0.1) is 5.92 Å². The Balaban J connectivity index is 1.93. The van der Waals surface area contributed by atoms with Crippen molar-refractivity contribution in [3.05, 3.63) is 0 Å². The van der Waals surface area contributed by atoms with Gasteiger partial charge in [-0.3, -0.25) is 9.59 Å². The Bertz CT molecular complexity index is 387. The number of carbonyl (C=O) groups is 2. The average Bonchev–Trinajstić information content (AvgIpc) is 2.58. The second kappa shape index (κ2) is 13.4. The first-order valence-corrected chi connectivity index (χ1v) is 10.7. The minimum absolute atomic E-state index is 0.0410. The molecule has 1 unspecified atom stereocenters. The van der Waals surface area contributed by atoms with Crippen LogP contribution in [0.15, 0.2) is 0 Å². The van der Waals surface area contributed by atoms with E-state index in [0.717, 1.165) is 19.6 Å². The van der Waals surface area contributed by atoms with E-state index >= 15 is 0 Å². The van der Waals surface area contributed by atoms with Gasteiger partial charge < -0.3 is 20.9 Å². The normalized spacial score (nSPS) is 16.6. The number of piperidine rings is 1. The molecule has 0 saturated carbocycles. The molecule has 0 aliphatic carbocycles. The van der Waals surface area contributed by atoms with Gasteiger partial charge in [-0.1, -0.05) is 13.3 Å². The molecule has 7 heteroatoms. The Morgan fingerprint density at radius 3 is 2.44 bits per heavy atom. The molecule has 2 amide bonds. The molecule has 25 heavy (non-hydrogen) atoms. The number of hydrogen-bond acceptors (Lipinski definition) is 5. The van der Waals surface area contributed by atoms with E-state index in [-0.39, 0.29) is 23.8 Å². The molecule has 0 radical (unpaired) electrons. The van der Waals surface area contributed by atoms with Crippen molar-refractivity contribution < 1.29 is 9.59 Å². The monoisotopic (exact) mass is 372 g/mol. The molecule has 0 bridgehead atoms. The Morgan fingerprint density at radius 2 is 1.76 bits per heavy atom. The van der Waals surface area contributed by atoms with E-state index < -0.39 is 0 Å². The molecule has 0 aromatic heterocycles. The Kier molecular flexibility index (Phi) is 11.9. The van der Waals surface area contributed by atoms with Crippen LogP contribution in [0.1, 0.15) is 40.0 Å². The molecule has 6 nitrogen and oxygen atoms in total. The molecule has 1 atom stereocenters. The Morgan fingerprint density at radius 1 is 1.04 bits per heavy atom. The average molecular weight is 373 g/mol. The van der Waals surface area contributed by atoms with Crippen molar-refractivity contribution in [3.63, 3.8) is 0 Å². The van der Waals surface area contributed by atoms with Crippen LogP contribution in [0.25, 0.3) is 0 Å². The lowest BCUT2D eigenvalue weighted by Crippen LogP contribution is -2.38. The van der Waals surface area contributed by atoms with Crippen LogP contribution >= 0.6 is 11.8 Å². The molecule has 1 aliphatic rings. The van der Waals surface area contributed by atoms with Crippen LogP contribution < -0.4 is 16.0 Å². The summed E-state index contributed by atoms with van der Waals surface area (Å²) in [5.41, 5.74) is 0. The van der Waals surface area contributed by atoms with Crippen LogP contribution in [0.4, 0.5) is 0 Å². The molecule has 1 saturated heterocycles. The minimum Gasteiger partial charge on any atom is -0.354 e. The van der Waals surface area contributed by atoms with Crippen molar-refractivity contribution in [1.82, 2.24) is 20.9 Å². The lowest BCUT2D eigenvalue weighted by Gasteiger charge is -2.26. The molecule has 0 aromatic carbocycles. The van der Waals surface area contributed by atoms with Gasteiger partial charge in [0.05, 0.1) is 5.75 Å². The number of hydrogen-bond donors (Lipinski definition) is 3. The highest BCUT2D eigenvalue weighted by Gasteiger charge is 2.14. The summed E-state index contributed by atoms with van der Waals surface area (Å²) >= 11 is 1.51. The SMILES string of the molecule is CC(C)NC(=O)C(C)CSCC(=O)NCCNCCN1CCCCC1. The largest absolute Gasteiger partial charge is 0.354 e.